The lowest BCUT2D eigenvalue weighted by Gasteiger charge is -2.31. The van der Waals surface area contributed by atoms with Crippen molar-refractivity contribution >= 4 is 28.7 Å². The first kappa shape index (κ1) is 22.7. The molecule has 36 heavy (non-hydrogen) atoms. The van der Waals surface area contributed by atoms with Crippen molar-refractivity contribution < 1.29 is 4.74 Å². The highest BCUT2D eigenvalue weighted by Crippen LogP contribution is 2.42. The fourth-order valence-electron chi connectivity index (χ4n) is 5.11. The molecule has 0 spiro atoms. The number of nitrogens with zero attached hydrogens (tertiary/aromatic N) is 5. The molecule has 0 saturated carbocycles. The van der Waals surface area contributed by atoms with E-state index in [1.54, 1.807) is 6.20 Å². The summed E-state index contributed by atoms with van der Waals surface area (Å²) < 4.78 is 7.80. The third-order valence-corrected chi connectivity index (χ3v) is 7.16. The van der Waals surface area contributed by atoms with Crippen LogP contribution >= 0.6 is 12.2 Å². The summed E-state index contributed by atoms with van der Waals surface area (Å²) in [5.74, 6) is 0. The van der Waals surface area contributed by atoms with Crippen LogP contribution in [0.3, 0.4) is 0 Å². The number of aromatic nitrogens is 3. The van der Waals surface area contributed by atoms with Crippen LogP contribution in [0.5, 0.6) is 0 Å². The fraction of sp³-hybridized carbons (Fsp3) is 0.250. The molecule has 2 saturated heterocycles. The van der Waals surface area contributed by atoms with Crippen molar-refractivity contribution in [3.63, 3.8) is 0 Å². The Morgan fingerprint density at radius 2 is 1.75 bits per heavy atom. The lowest BCUT2D eigenvalue weighted by atomic mass is 10.0. The van der Waals surface area contributed by atoms with E-state index in [2.05, 4.69) is 84.4 Å². The molecule has 1 N–H and O–H groups in total. The Balaban J connectivity index is 1.37. The SMILES string of the molecule is S=C1NC(c2ccccn2)C(c2cccn2Cc2cccnc2)N1c1ccc(N2CCOCC2)cc1. The summed E-state index contributed by atoms with van der Waals surface area (Å²) in [4.78, 5) is 13.6. The van der Waals surface area contributed by atoms with Crippen molar-refractivity contribution in [1.82, 2.24) is 19.9 Å². The quantitative estimate of drug-likeness (QED) is 0.399. The monoisotopic (exact) mass is 496 g/mol. The van der Waals surface area contributed by atoms with E-state index in [1.165, 1.54) is 11.4 Å². The highest BCUT2D eigenvalue weighted by molar-refractivity contribution is 7.80. The molecule has 0 radical (unpaired) electrons. The van der Waals surface area contributed by atoms with Gasteiger partial charge >= 0.3 is 0 Å². The minimum atomic E-state index is -0.0832. The van der Waals surface area contributed by atoms with E-state index in [0.717, 1.165) is 49.8 Å². The molecule has 0 aliphatic carbocycles. The van der Waals surface area contributed by atoms with Gasteiger partial charge in [0.05, 0.1) is 24.9 Å². The van der Waals surface area contributed by atoms with Gasteiger partial charge in [0.1, 0.15) is 6.04 Å². The first-order valence-electron chi connectivity index (χ1n) is 12.3. The maximum atomic E-state index is 5.92. The number of morpholine rings is 1. The molecule has 2 aliphatic rings. The van der Waals surface area contributed by atoms with E-state index in [4.69, 9.17) is 17.0 Å². The van der Waals surface area contributed by atoms with Crippen molar-refractivity contribution in [3.05, 3.63) is 108 Å². The van der Waals surface area contributed by atoms with Crippen LogP contribution in [0.25, 0.3) is 0 Å². The van der Waals surface area contributed by atoms with Crippen molar-refractivity contribution in [2.24, 2.45) is 0 Å². The third-order valence-electron chi connectivity index (χ3n) is 6.85. The van der Waals surface area contributed by atoms with Crippen LogP contribution in [0, 0.1) is 0 Å². The molecule has 2 fully saturated rings. The first-order chi connectivity index (χ1) is 17.8. The number of ether oxygens (including phenoxy) is 1. The second-order valence-electron chi connectivity index (χ2n) is 9.03. The highest BCUT2D eigenvalue weighted by atomic mass is 32.1. The second kappa shape index (κ2) is 10.1. The molecule has 0 bridgehead atoms. The first-order valence-corrected chi connectivity index (χ1v) is 12.7. The van der Waals surface area contributed by atoms with Gasteiger partial charge in [-0.25, -0.2) is 0 Å². The zero-order valence-electron chi connectivity index (χ0n) is 19.9. The molecule has 8 heteroatoms. The molecular weight excluding hydrogens is 468 g/mol. The number of thiocarbonyl (C=S) groups is 1. The summed E-state index contributed by atoms with van der Waals surface area (Å²) in [6.07, 6.45) is 7.68. The molecule has 2 atom stereocenters. The maximum Gasteiger partial charge on any atom is 0.174 e. The second-order valence-corrected chi connectivity index (χ2v) is 9.42. The minimum absolute atomic E-state index is 0.0618. The molecule has 2 aliphatic heterocycles. The van der Waals surface area contributed by atoms with E-state index >= 15 is 0 Å². The van der Waals surface area contributed by atoms with E-state index in [1.807, 2.05) is 30.6 Å². The van der Waals surface area contributed by atoms with Crippen LogP contribution in [-0.2, 0) is 11.3 Å². The van der Waals surface area contributed by atoms with Crippen LogP contribution in [0.1, 0.15) is 29.0 Å². The van der Waals surface area contributed by atoms with Crippen LogP contribution in [-0.4, -0.2) is 46.0 Å². The molecule has 5 heterocycles. The van der Waals surface area contributed by atoms with Crippen LogP contribution in [0.4, 0.5) is 11.4 Å². The van der Waals surface area contributed by atoms with E-state index < -0.39 is 0 Å². The summed E-state index contributed by atoms with van der Waals surface area (Å²) >= 11 is 5.92. The Labute approximate surface area is 216 Å². The molecule has 7 nitrogen and oxygen atoms in total. The van der Waals surface area contributed by atoms with Gasteiger partial charge in [-0.1, -0.05) is 12.1 Å². The molecule has 0 amide bonds. The van der Waals surface area contributed by atoms with Gasteiger partial charge in [-0.2, -0.15) is 0 Å². The summed E-state index contributed by atoms with van der Waals surface area (Å²) in [5, 5.41) is 4.27. The van der Waals surface area contributed by atoms with Gasteiger partial charge in [-0.3, -0.25) is 9.97 Å². The minimum Gasteiger partial charge on any atom is -0.378 e. The lowest BCUT2D eigenvalue weighted by molar-refractivity contribution is 0.122. The maximum absolute atomic E-state index is 5.92. The Hall–Kier alpha value is -3.75. The number of anilines is 2. The average Bonchev–Trinajstić information content (AvgIpc) is 3.53. The number of rotatable bonds is 6. The van der Waals surface area contributed by atoms with E-state index in [9.17, 15) is 0 Å². The Morgan fingerprint density at radius 3 is 2.50 bits per heavy atom. The zero-order valence-corrected chi connectivity index (χ0v) is 20.7. The fourth-order valence-corrected chi connectivity index (χ4v) is 5.45. The molecule has 4 aromatic rings. The summed E-state index contributed by atoms with van der Waals surface area (Å²) in [7, 11) is 0. The van der Waals surface area contributed by atoms with Crippen LogP contribution in [0.15, 0.2) is 91.5 Å². The lowest BCUT2D eigenvalue weighted by Crippen LogP contribution is -2.36. The van der Waals surface area contributed by atoms with Crippen LogP contribution in [0.2, 0.25) is 0 Å². The number of nitrogens with one attached hydrogen (secondary N) is 1. The van der Waals surface area contributed by atoms with Crippen molar-refractivity contribution in [1.29, 1.82) is 0 Å². The van der Waals surface area contributed by atoms with Crippen molar-refractivity contribution in [3.8, 4) is 0 Å². The number of pyridine rings is 2. The van der Waals surface area contributed by atoms with Gasteiger partial charge < -0.3 is 24.4 Å². The normalized spacial score (nSPS) is 19.9. The smallest absolute Gasteiger partial charge is 0.174 e. The predicted octanol–water partition coefficient (Wildman–Crippen LogP) is 4.34. The van der Waals surface area contributed by atoms with Crippen molar-refractivity contribution in [2.45, 2.75) is 18.6 Å². The third kappa shape index (κ3) is 4.45. The Kier molecular flexibility index (Phi) is 6.36. The van der Waals surface area contributed by atoms with Crippen LogP contribution < -0.4 is 15.1 Å². The molecule has 3 aromatic heterocycles. The molecule has 182 valence electrons. The van der Waals surface area contributed by atoms with Gasteiger partial charge in [0.2, 0.25) is 0 Å². The molecule has 2 unspecified atom stereocenters. The zero-order chi connectivity index (χ0) is 24.3. The Morgan fingerprint density at radius 1 is 0.917 bits per heavy atom. The van der Waals surface area contributed by atoms with E-state index in [0.29, 0.717) is 5.11 Å². The number of hydrogen-bond donors (Lipinski definition) is 1. The highest BCUT2D eigenvalue weighted by Gasteiger charge is 2.42. The predicted molar refractivity (Wildman–Crippen MR) is 145 cm³/mol. The van der Waals surface area contributed by atoms with Gasteiger partial charge in [-0.15, -0.1) is 0 Å². The summed E-state index contributed by atoms with van der Waals surface area (Å²) in [5.41, 5.74) is 5.55. The van der Waals surface area contributed by atoms with Gasteiger partial charge in [-0.05, 0) is 72.4 Å². The standard InChI is InChI=1S/C28H28N6OS/c36-28-31-26(24-6-1-2-13-30-24)27(25-7-4-14-33(25)20-21-5-3-12-29-19-21)34(28)23-10-8-22(9-11-23)32-15-17-35-18-16-32/h1-14,19,26-27H,15-18,20H2,(H,31,36). The number of hydrogen-bond acceptors (Lipinski definition) is 5. The topological polar surface area (TPSA) is 58.5 Å². The van der Waals surface area contributed by atoms with Gasteiger partial charge in [0.15, 0.2) is 5.11 Å². The molecular formula is C28H28N6OS. The molecule has 1 aromatic carbocycles. The average molecular weight is 497 g/mol. The summed E-state index contributed by atoms with van der Waals surface area (Å²) in [6.45, 7) is 4.09. The van der Waals surface area contributed by atoms with E-state index in [-0.39, 0.29) is 12.1 Å². The van der Waals surface area contributed by atoms with Gasteiger partial charge in [0.25, 0.3) is 0 Å². The van der Waals surface area contributed by atoms with Crippen molar-refractivity contribution in [2.75, 3.05) is 36.1 Å². The summed E-state index contributed by atoms with van der Waals surface area (Å²) in [6, 6.07) is 23.0. The van der Waals surface area contributed by atoms with Gasteiger partial charge in [0, 0.05) is 61.5 Å². The largest absolute Gasteiger partial charge is 0.378 e. The number of benzene rings is 1. The Bertz CT molecular complexity index is 1300. The molecule has 6 rings (SSSR count).